The molecular formula is C8H15F2N. The van der Waals surface area contributed by atoms with Gasteiger partial charge in [0.05, 0.1) is 6.54 Å². The summed E-state index contributed by atoms with van der Waals surface area (Å²) in [5.74, 6) is -2.64. The monoisotopic (exact) mass is 163 g/mol. The fraction of sp³-hybridized carbons (Fsp3) is 1.00. The molecular weight excluding hydrogens is 148 g/mol. The minimum absolute atomic E-state index is 0.499. The molecule has 0 unspecified atom stereocenters. The molecule has 0 bridgehead atoms. The molecule has 3 heteroatoms. The first-order valence-electron chi connectivity index (χ1n) is 4.16. The molecule has 0 heterocycles. The van der Waals surface area contributed by atoms with Crippen LogP contribution in [0.4, 0.5) is 8.78 Å². The molecule has 1 aliphatic rings. The van der Waals surface area contributed by atoms with Crippen molar-refractivity contribution in [1.82, 2.24) is 0 Å². The molecule has 0 radical (unpaired) electrons. The van der Waals surface area contributed by atoms with Crippen LogP contribution >= 0.6 is 0 Å². The highest BCUT2D eigenvalue weighted by molar-refractivity contribution is 4.98. The standard InChI is InChI=1S/C8H15F2N/c1-2-7(4-3-5-7)8(9,10)6-11/h2-6,11H2,1H3. The smallest absolute Gasteiger partial charge is 0.265 e. The Kier molecular flexibility index (Phi) is 2.19. The van der Waals surface area contributed by atoms with Crippen LogP contribution in [0.5, 0.6) is 0 Å². The Morgan fingerprint density at radius 3 is 2.09 bits per heavy atom. The molecule has 1 saturated carbocycles. The highest BCUT2D eigenvalue weighted by atomic mass is 19.3. The molecule has 1 rings (SSSR count). The Labute approximate surface area is 66.0 Å². The second-order valence-electron chi connectivity index (χ2n) is 3.40. The van der Waals surface area contributed by atoms with E-state index in [-0.39, 0.29) is 0 Å². The molecule has 0 saturated heterocycles. The summed E-state index contributed by atoms with van der Waals surface area (Å²) in [4.78, 5) is 0. The van der Waals surface area contributed by atoms with Crippen LogP contribution in [0.15, 0.2) is 0 Å². The maximum atomic E-state index is 13.1. The Morgan fingerprint density at radius 2 is 2.00 bits per heavy atom. The summed E-state index contributed by atoms with van der Waals surface area (Å²) in [6, 6.07) is 0. The number of alkyl halides is 2. The molecule has 0 atom stereocenters. The van der Waals surface area contributed by atoms with Gasteiger partial charge in [0.25, 0.3) is 5.92 Å². The minimum Gasteiger partial charge on any atom is -0.325 e. The van der Waals surface area contributed by atoms with Crippen LogP contribution in [0.25, 0.3) is 0 Å². The van der Waals surface area contributed by atoms with Crippen molar-refractivity contribution >= 4 is 0 Å². The van der Waals surface area contributed by atoms with Gasteiger partial charge in [-0.2, -0.15) is 0 Å². The van der Waals surface area contributed by atoms with Crippen molar-refractivity contribution in [2.24, 2.45) is 11.1 Å². The first-order valence-corrected chi connectivity index (χ1v) is 4.16. The fourth-order valence-corrected chi connectivity index (χ4v) is 1.80. The summed E-state index contributed by atoms with van der Waals surface area (Å²) in [6.45, 7) is 1.32. The number of rotatable bonds is 3. The maximum Gasteiger partial charge on any atom is 0.265 e. The topological polar surface area (TPSA) is 26.0 Å². The van der Waals surface area contributed by atoms with Crippen LogP contribution in [0.3, 0.4) is 0 Å². The Morgan fingerprint density at radius 1 is 1.45 bits per heavy atom. The predicted octanol–water partition coefficient (Wildman–Crippen LogP) is 2.16. The SMILES string of the molecule is CCC1(C(F)(F)CN)CCC1. The highest BCUT2D eigenvalue weighted by Gasteiger charge is 2.54. The van der Waals surface area contributed by atoms with E-state index in [4.69, 9.17) is 5.73 Å². The first kappa shape index (κ1) is 8.91. The fourth-order valence-electron chi connectivity index (χ4n) is 1.80. The van der Waals surface area contributed by atoms with Crippen molar-refractivity contribution < 1.29 is 8.78 Å². The van der Waals surface area contributed by atoms with Gasteiger partial charge in [-0.25, -0.2) is 8.78 Å². The lowest BCUT2D eigenvalue weighted by Crippen LogP contribution is -2.50. The van der Waals surface area contributed by atoms with Crippen molar-refractivity contribution in [2.45, 2.75) is 38.5 Å². The van der Waals surface area contributed by atoms with Crippen LogP contribution < -0.4 is 5.73 Å². The average molecular weight is 163 g/mol. The molecule has 0 amide bonds. The van der Waals surface area contributed by atoms with E-state index < -0.39 is 17.9 Å². The van der Waals surface area contributed by atoms with E-state index in [1.165, 1.54) is 0 Å². The zero-order chi connectivity index (χ0) is 8.54. The van der Waals surface area contributed by atoms with Gasteiger partial charge < -0.3 is 5.73 Å². The van der Waals surface area contributed by atoms with Gasteiger partial charge in [-0.1, -0.05) is 13.3 Å². The summed E-state index contributed by atoms with van der Waals surface area (Å²) >= 11 is 0. The quantitative estimate of drug-likeness (QED) is 0.677. The van der Waals surface area contributed by atoms with Crippen LogP contribution in [-0.4, -0.2) is 12.5 Å². The van der Waals surface area contributed by atoms with E-state index in [0.29, 0.717) is 19.3 Å². The summed E-state index contributed by atoms with van der Waals surface area (Å²) in [5.41, 5.74) is 4.28. The average Bonchev–Trinajstić information content (AvgIpc) is 1.86. The van der Waals surface area contributed by atoms with Crippen molar-refractivity contribution in [3.8, 4) is 0 Å². The van der Waals surface area contributed by atoms with Crippen LogP contribution in [0.2, 0.25) is 0 Å². The third kappa shape index (κ3) is 1.15. The van der Waals surface area contributed by atoms with E-state index >= 15 is 0 Å². The number of hydrogen-bond donors (Lipinski definition) is 1. The van der Waals surface area contributed by atoms with Gasteiger partial charge in [0.2, 0.25) is 0 Å². The summed E-state index contributed by atoms with van der Waals surface area (Å²) in [6.07, 6.45) is 2.78. The van der Waals surface area contributed by atoms with E-state index in [1.807, 2.05) is 6.92 Å². The van der Waals surface area contributed by atoms with Crippen LogP contribution in [0.1, 0.15) is 32.6 Å². The van der Waals surface area contributed by atoms with Crippen molar-refractivity contribution in [3.63, 3.8) is 0 Å². The Bertz CT molecular complexity index is 136. The number of nitrogens with two attached hydrogens (primary N) is 1. The normalized spacial score (nSPS) is 22.9. The van der Waals surface area contributed by atoms with E-state index in [1.54, 1.807) is 0 Å². The number of halogens is 2. The predicted molar refractivity (Wildman–Crippen MR) is 40.6 cm³/mol. The van der Waals surface area contributed by atoms with Gasteiger partial charge in [0, 0.05) is 5.41 Å². The summed E-state index contributed by atoms with van der Waals surface area (Å²) in [5, 5.41) is 0. The second kappa shape index (κ2) is 2.70. The largest absolute Gasteiger partial charge is 0.325 e. The molecule has 0 aliphatic heterocycles. The number of hydrogen-bond acceptors (Lipinski definition) is 1. The molecule has 0 aromatic rings. The Balaban J connectivity index is 2.68. The van der Waals surface area contributed by atoms with E-state index in [2.05, 4.69) is 0 Å². The lowest BCUT2D eigenvalue weighted by molar-refractivity contribution is -0.155. The molecule has 0 spiro atoms. The molecule has 1 fully saturated rings. The first-order chi connectivity index (χ1) is 5.08. The third-order valence-electron chi connectivity index (χ3n) is 3.02. The van der Waals surface area contributed by atoms with Gasteiger partial charge in [0.15, 0.2) is 0 Å². The van der Waals surface area contributed by atoms with Gasteiger partial charge in [0.1, 0.15) is 0 Å². The van der Waals surface area contributed by atoms with E-state index in [9.17, 15) is 8.78 Å². The van der Waals surface area contributed by atoms with Crippen molar-refractivity contribution in [1.29, 1.82) is 0 Å². The zero-order valence-electron chi connectivity index (χ0n) is 6.87. The second-order valence-corrected chi connectivity index (χ2v) is 3.40. The molecule has 2 N–H and O–H groups in total. The van der Waals surface area contributed by atoms with Crippen LogP contribution in [-0.2, 0) is 0 Å². The zero-order valence-corrected chi connectivity index (χ0v) is 6.87. The van der Waals surface area contributed by atoms with Crippen molar-refractivity contribution in [3.05, 3.63) is 0 Å². The lowest BCUT2D eigenvalue weighted by Gasteiger charge is -2.46. The molecule has 1 aliphatic carbocycles. The Hall–Kier alpha value is -0.180. The molecule has 1 nitrogen and oxygen atoms in total. The highest BCUT2D eigenvalue weighted by Crippen LogP contribution is 2.53. The van der Waals surface area contributed by atoms with Crippen LogP contribution in [0, 0.1) is 5.41 Å². The van der Waals surface area contributed by atoms with Gasteiger partial charge >= 0.3 is 0 Å². The van der Waals surface area contributed by atoms with Crippen molar-refractivity contribution in [2.75, 3.05) is 6.54 Å². The summed E-state index contributed by atoms with van der Waals surface area (Å²) in [7, 11) is 0. The molecule has 0 aromatic carbocycles. The van der Waals surface area contributed by atoms with Gasteiger partial charge in [-0.15, -0.1) is 0 Å². The summed E-state index contributed by atoms with van der Waals surface area (Å²) < 4.78 is 26.3. The van der Waals surface area contributed by atoms with Gasteiger partial charge in [-0.3, -0.25) is 0 Å². The minimum atomic E-state index is -2.64. The third-order valence-corrected chi connectivity index (χ3v) is 3.02. The molecule has 11 heavy (non-hydrogen) atoms. The molecule has 66 valence electrons. The van der Waals surface area contributed by atoms with Gasteiger partial charge in [-0.05, 0) is 19.3 Å². The maximum absolute atomic E-state index is 13.1. The lowest BCUT2D eigenvalue weighted by atomic mass is 9.63. The van der Waals surface area contributed by atoms with E-state index in [0.717, 1.165) is 6.42 Å². The molecule has 0 aromatic heterocycles.